The van der Waals surface area contributed by atoms with Gasteiger partial charge in [-0.3, -0.25) is 4.79 Å². The van der Waals surface area contributed by atoms with Gasteiger partial charge in [0.05, 0.1) is 17.4 Å². The first-order valence-electron chi connectivity index (χ1n) is 6.33. The van der Waals surface area contributed by atoms with Crippen LogP contribution in [0, 0.1) is 0 Å². The third-order valence-electron chi connectivity index (χ3n) is 2.71. The van der Waals surface area contributed by atoms with Gasteiger partial charge in [0, 0.05) is 6.54 Å². The molecule has 1 aromatic rings. The summed E-state index contributed by atoms with van der Waals surface area (Å²) >= 11 is 7.61. The standard InChI is InChI=1S/C13H20ClN3OS/c1-19-7-5-3-2-4-6-16-13(18)10-8-12(14)17-9-11(10)15/h8-9H,2-7,15H2,1H3,(H,16,18). The van der Waals surface area contributed by atoms with E-state index in [-0.39, 0.29) is 11.1 Å². The summed E-state index contributed by atoms with van der Waals surface area (Å²) < 4.78 is 0. The average molecular weight is 302 g/mol. The topological polar surface area (TPSA) is 68.0 Å². The van der Waals surface area contributed by atoms with Crippen LogP contribution in [0.15, 0.2) is 12.3 Å². The molecule has 0 aliphatic carbocycles. The molecule has 6 heteroatoms. The van der Waals surface area contributed by atoms with E-state index in [2.05, 4.69) is 16.6 Å². The van der Waals surface area contributed by atoms with E-state index < -0.39 is 0 Å². The van der Waals surface area contributed by atoms with E-state index in [9.17, 15) is 4.79 Å². The molecule has 0 unspecified atom stereocenters. The quantitative estimate of drug-likeness (QED) is 0.572. The number of carbonyl (C=O) groups excluding carboxylic acids is 1. The van der Waals surface area contributed by atoms with E-state index >= 15 is 0 Å². The SMILES string of the molecule is CSCCCCCCNC(=O)c1cc(Cl)ncc1N. The van der Waals surface area contributed by atoms with Gasteiger partial charge in [-0.05, 0) is 30.9 Å². The molecule has 0 spiro atoms. The first-order valence-corrected chi connectivity index (χ1v) is 8.10. The summed E-state index contributed by atoms with van der Waals surface area (Å²) in [4.78, 5) is 15.7. The Balaban J connectivity index is 2.26. The fourth-order valence-corrected chi connectivity index (χ4v) is 2.31. The highest BCUT2D eigenvalue weighted by molar-refractivity contribution is 7.98. The van der Waals surface area contributed by atoms with Crippen molar-refractivity contribution >= 4 is 35.0 Å². The maximum absolute atomic E-state index is 11.9. The molecule has 0 bridgehead atoms. The van der Waals surface area contributed by atoms with Crippen LogP contribution in [-0.2, 0) is 0 Å². The molecule has 1 amide bonds. The van der Waals surface area contributed by atoms with E-state index in [1.165, 1.54) is 30.9 Å². The summed E-state index contributed by atoms with van der Waals surface area (Å²) in [7, 11) is 0. The van der Waals surface area contributed by atoms with Crippen LogP contribution in [0.2, 0.25) is 5.15 Å². The monoisotopic (exact) mass is 301 g/mol. The van der Waals surface area contributed by atoms with E-state index in [1.54, 1.807) is 0 Å². The van der Waals surface area contributed by atoms with Gasteiger partial charge in [-0.25, -0.2) is 4.98 Å². The molecule has 106 valence electrons. The second kappa shape index (κ2) is 9.04. The van der Waals surface area contributed by atoms with E-state index in [1.807, 2.05) is 11.8 Å². The number of pyridine rings is 1. The Hall–Kier alpha value is -0.940. The zero-order valence-electron chi connectivity index (χ0n) is 11.1. The van der Waals surface area contributed by atoms with Gasteiger partial charge in [-0.1, -0.05) is 24.4 Å². The molecule has 1 rings (SSSR count). The van der Waals surface area contributed by atoms with E-state index in [0.717, 1.165) is 12.8 Å². The summed E-state index contributed by atoms with van der Waals surface area (Å²) in [6.45, 7) is 0.664. The zero-order chi connectivity index (χ0) is 14.1. The molecule has 0 aliphatic heterocycles. The van der Waals surface area contributed by atoms with Gasteiger partial charge in [0.25, 0.3) is 5.91 Å². The molecule has 1 aromatic heterocycles. The largest absolute Gasteiger partial charge is 0.397 e. The number of thioether (sulfide) groups is 1. The Labute approximate surface area is 123 Å². The van der Waals surface area contributed by atoms with Crippen molar-refractivity contribution in [2.45, 2.75) is 25.7 Å². The lowest BCUT2D eigenvalue weighted by atomic mass is 10.2. The van der Waals surface area contributed by atoms with Crippen molar-refractivity contribution in [2.75, 3.05) is 24.3 Å². The van der Waals surface area contributed by atoms with Crippen molar-refractivity contribution in [1.82, 2.24) is 10.3 Å². The van der Waals surface area contributed by atoms with Crippen molar-refractivity contribution in [3.05, 3.63) is 23.0 Å². The molecule has 3 N–H and O–H groups in total. The third-order valence-corrected chi connectivity index (χ3v) is 3.61. The number of nitrogens with one attached hydrogen (secondary N) is 1. The van der Waals surface area contributed by atoms with Crippen LogP contribution >= 0.6 is 23.4 Å². The fraction of sp³-hybridized carbons (Fsp3) is 0.538. The van der Waals surface area contributed by atoms with Gasteiger partial charge in [0.1, 0.15) is 5.15 Å². The molecule has 4 nitrogen and oxygen atoms in total. The van der Waals surface area contributed by atoms with Crippen LogP contribution in [-0.4, -0.2) is 29.4 Å². The summed E-state index contributed by atoms with van der Waals surface area (Å²) in [6, 6.07) is 1.49. The van der Waals surface area contributed by atoms with Gasteiger partial charge in [0.15, 0.2) is 0 Å². The lowest BCUT2D eigenvalue weighted by Gasteiger charge is -2.07. The smallest absolute Gasteiger partial charge is 0.253 e. The Morgan fingerprint density at radius 3 is 2.89 bits per heavy atom. The van der Waals surface area contributed by atoms with Gasteiger partial charge in [-0.15, -0.1) is 0 Å². The second-order valence-corrected chi connectivity index (χ2v) is 5.63. The number of nitrogen functional groups attached to an aromatic ring is 1. The Bertz CT molecular complexity index is 415. The number of hydrogen-bond donors (Lipinski definition) is 2. The number of rotatable bonds is 8. The molecule has 0 radical (unpaired) electrons. The summed E-state index contributed by atoms with van der Waals surface area (Å²) in [5.41, 5.74) is 6.43. The van der Waals surface area contributed by atoms with Crippen LogP contribution in [0.5, 0.6) is 0 Å². The first kappa shape index (κ1) is 16.1. The van der Waals surface area contributed by atoms with Crippen molar-refractivity contribution < 1.29 is 4.79 Å². The number of nitrogens with zero attached hydrogens (tertiary/aromatic N) is 1. The number of unbranched alkanes of at least 4 members (excludes halogenated alkanes) is 3. The van der Waals surface area contributed by atoms with Crippen molar-refractivity contribution in [3.8, 4) is 0 Å². The highest BCUT2D eigenvalue weighted by Gasteiger charge is 2.10. The minimum atomic E-state index is -0.189. The Morgan fingerprint density at radius 2 is 2.16 bits per heavy atom. The molecule has 0 saturated heterocycles. The maximum atomic E-state index is 11.9. The van der Waals surface area contributed by atoms with Crippen LogP contribution in [0.25, 0.3) is 0 Å². The van der Waals surface area contributed by atoms with Gasteiger partial charge in [-0.2, -0.15) is 11.8 Å². The molecule has 1 heterocycles. The third kappa shape index (κ3) is 6.16. The summed E-state index contributed by atoms with van der Waals surface area (Å²) in [5, 5.41) is 3.12. The molecular formula is C13H20ClN3OS. The average Bonchev–Trinajstić information content (AvgIpc) is 2.40. The molecule has 0 atom stereocenters. The van der Waals surface area contributed by atoms with E-state index in [0.29, 0.717) is 17.8 Å². The molecule has 0 fully saturated rings. The molecular weight excluding hydrogens is 282 g/mol. The molecule has 0 saturated carbocycles. The van der Waals surface area contributed by atoms with E-state index in [4.69, 9.17) is 17.3 Å². The van der Waals surface area contributed by atoms with Crippen molar-refractivity contribution in [3.63, 3.8) is 0 Å². The number of carbonyl (C=O) groups is 1. The Kier molecular flexibility index (Phi) is 7.67. The van der Waals surface area contributed by atoms with Crippen LogP contribution in [0.4, 0.5) is 5.69 Å². The number of amides is 1. The maximum Gasteiger partial charge on any atom is 0.253 e. The summed E-state index contributed by atoms with van der Waals surface area (Å²) in [6.07, 6.45) is 8.08. The van der Waals surface area contributed by atoms with Gasteiger partial charge in [0.2, 0.25) is 0 Å². The highest BCUT2D eigenvalue weighted by Crippen LogP contribution is 2.14. The van der Waals surface area contributed by atoms with Gasteiger partial charge < -0.3 is 11.1 Å². The second-order valence-electron chi connectivity index (χ2n) is 4.26. The number of aromatic nitrogens is 1. The summed E-state index contributed by atoms with van der Waals surface area (Å²) in [5.74, 6) is 1.02. The normalized spacial score (nSPS) is 10.4. The number of nitrogens with two attached hydrogens (primary N) is 1. The molecule has 0 aliphatic rings. The lowest BCUT2D eigenvalue weighted by molar-refractivity contribution is 0.0953. The number of anilines is 1. The minimum Gasteiger partial charge on any atom is -0.397 e. The van der Waals surface area contributed by atoms with Gasteiger partial charge >= 0.3 is 0 Å². The predicted molar refractivity (Wildman–Crippen MR) is 82.8 cm³/mol. The lowest BCUT2D eigenvalue weighted by Crippen LogP contribution is -2.25. The number of halogens is 1. The molecule has 0 aromatic carbocycles. The van der Waals surface area contributed by atoms with Crippen molar-refractivity contribution in [2.24, 2.45) is 0 Å². The fourth-order valence-electron chi connectivity index (χ4n) is 1.66. The predicted octanol–water partition coefficient (Wildman–Crippen LogP) is 2.97. The van der Waals surface area contributed by atoms with Crippen LogP contribution in [0.1, 0.15) is 36.0 Å². The van der Waals surface area contributed by atoms with Crippen LogP contribution < -0.4 is 11.1 Å². The first-order chi connectivity index (χ1) is 9.15. The highest BCUT2D eigenvalue weighted by atomic mass is 35.5. The minimum absolute atomic E-state index is 0.189. The number of hydrogen-bond acceptors (Lipinski definition) is 4. The zero-order valence-corrected chi connectivity index (χ0v) is 12.7. The van der Waals surface area contributed by atoms with Crippen molar-refractivity contribution in [1.29, 1.82) is 0 Å². The molecule has 19 heavy (non-hydrogen) atoms. The Morgan fingerprint density at radius 1 is 1.42 bits per heavy atom. The van der Waals surface area contributed by atoms with Crippen LogP contribution in [0.3, 0.4) is 0 Å².